The maximum Gasteiger partial charge on any atom is 0.202 e. The first kappa shape index (κ1) is 50.2. The van der Waals surface area contributed by atoms with Gasteiger partial charge in [-0.1, -0.05) is 88.8 Å². The quantitative estimate of drug-likeness (QED) is 0.0688. The van der Waals surface area contributed by atoms with Gasteiger partial charge < -0.3 is 14.7 Å². The zero-order valence-electron chi connectivity index (χ0n) is 34.3. The summed E-state index contributed by atoms with van der Waals surface area (Å²) >= 11 is 0. The lowest BCUT2D eigenvalue weighted by Crippen LogP contribution is -2.20. The Hall–Kier alpha value is -5.81. The lowest BCUT2D eigenvalue weighted by atomic mass is 10.2. The predicted octanol–water partition coefficient (Wildman–Crippen LogP) is 10.8. The fourth-order valence-electron chi connectivity index (χ4n) is 4.83. The molecule has 0 spiro atoms. The Balaban J connectivity index is 0.000000817. The molecule has 0 aromatic heterocycles. The van der Waals surface area contributed by atoms with Crippen molar-refractivity contribution in [3.8, 4) is 24.3 Å². The number of nitrogens with zero attached hydrogens (tertiary/aromatic N) is 7. The van der Waals surface area contributed by atoms with E-state index in [1.807, 2.05) is 72.9 Å². The minimum Gasteiger partial charge on any atom is -0.378 e. The molecule has 0 amide bonds. The molecule has 9 nitrogen and oxygen atoms in total. The van der Waals surface area contributed by atoms with Crippen LogP contribution in [-0.2, 0) is 9.84 Å². The van der Waals surface area contributed by atoms with Crippen molar-refractivity contribution in [3.63, 3.8) is 0 Å². The van der Waals surface area contributed by atoms with Gasteiger partial charge in [0.05, 0.1) is 4.90 Å². The Kier molecular flexibility index (Phi) is 29.2. The molecule has 2 aromatic carbocycles. The van der Waals surface area contributed by atoms with Gasteiger partial charge in [0.15, 0.2) is 0 Å². The van der Waals surface area contributed by atoms with Gasteiger partial charge in [-0.2, -0.15) is 21.0 Å². The molecule has 56 heavy (non-hydrogen) atoms. The highest BCUT2D eigenvalue weighted by Crippen LogP contribution is 2.18. The summed E-state index contributed by atoms with van der Waals surface area (Å²) < 4.78 is 24.5. The second kappa shape index (κ2) is 32.6. The smallest absolute Gasteiger partial charge is 0.202 e. The van der Waals surface area contributed by atoms with E-state index in [4.69, 9.17) is 21.0 Å². The van der Waals surface area contributed by atoms with Gasteiger partial charge in [-0.05, 0) is 107 Å². The van der Waals surface area contributed by atoms with E-state index in [1.54, 1.807) is 79.9 Å². The number of allylic oxidation sites excluding steroid dienone is 9. The minimum atomic E-state index is -3.36. The summed E-state index contributed by atoms with van der Waals surface area (Å²) in [6.07, 6.45) is 25.8. The summed E-state index contributed by atoms with van der Waals surface area (Å²) in [5, 5.41) is 34.4. The molecule has 0 bridgehead atoms. The summed E-state index contributed by atoms with van der Waals surface area (Å²) in [5.41, 5.74) is 1.29. The van der Waals surface area contributed by atoms with E-state index in [-0.39, 0.29) is 11.1 Å². The van der Waals surface area contributed by atoms with Crippen molar-refractivity contribution in [2.45, 2.75) is 90.9 Å². The van der Waals surface area contributed by atoms with E-state index >= 15 is 0 Å². The maximum absolute atomic E-state index is 12.2. The monoisotopic (exact) mass is 775 g/mol. The van der Waals surface area contributed by atoms with Crippen LogP contribution in [-0.4, -0.2) is 51.4 Å². The molecule has 298 valence electrons. The van der Waals surface area contributed by atoms with Gasteiger partial charge in [-0.25, -0.2) is 8.42 Å². The second-order valence-corrected chi connectivity index (χ2v) is 14.7. The van der Waals surface area contributed by atoms with E-state index in [1.165, 1.54) is 57.4 Å². The van der Waals surface area contributed by atoms with Crippen molar-refractivity contribution < 1.29 is 8.42 Å². The molecule has 0 N–H and O–H groups in total. The van der Waals surface area contributed by atoms with Crippen LogP contribution in [0.3, 0.4) is 0 Å². The van der Waals surface area contributed by atoms with Crippen molar-refractivity contribution in [3.05, 3.63) is 132 Å². The Bertz CT molecular complexity index is 1790. The van der Waals surface area contributed by atoms with Crippen LogP contribution in [0.1, 0.15) is 86.0 Å². The first-order chi connectivity index (χ1) is 27.1. The molecule has 2 rings (SSSR count). The average molecular weight is 776 g/mol. The number of para-hydroxylation sites is 1. The van der Waals surface area contributed by atoms with Crippen LogP contribution in [0.4, 0.5) is 5.69 Å². The van der Waals surface area contributed by atoms with Gasteiger partial charge in [-0.15, -0.1) is 0 Å². The SMILES string of the molecule is CCCCCCN(C=CC=C(C#N)C#N)CCCCCC.CCN(C=CC=C(C)S(=O)(=O)c1ccccc1)CC.CN(C=CC=C(C#N)C#N)c1ccccc1. The Morgan fingerprint density at radius 2 is 1.02 bits per heavy atom. The Labute approximate surface area is 338 Å². The molecule has 0 heterocycles. The summed E-state index contributed by atoms with van der Waals surface area (Å²) in [6, 6.07) is 25.6. The van der Waals surface area contributed by atoms with Crippen molar-refractivity contribution >= 4 is 15.5 Å². The third-order valence-corrected chi connectivity index (χ3v) is 10.2. The fraction of sp³-hybridized carbons (Fsp3) is 0.391. The lowest BCUT2D eigenvalue weighted by molar-refractivity contribution is 0.351. The summed E-state index contributed by atoms with van der Waals surface area (Å²) in [5.74, 6) is 0. The zero-order chi connectivity index (χ0) is 41.9. The first-order valence-corrected chi connectivity index (χ1v) is 20.8. The number of unbranched alkanes of at least 4 members (excludes halogenated alkanes) is 6. The van der Waals surface area contributed by atoms with Crippen molar-refractivity contribution in [2.75, 3.05) is 38.1 Å². The molecule has 0 saturated heterocycles. The van der Waals surface area contributed by atoms with Gasteiger partial charge in [0.1, 0.15) is 35.4 Å². The van der Waals surface area contributed by atoms with Crippen molar-refractivity contribution in [1.29, 1.82) is 21.0 Å². The van der Waals surface area contributed by atoms with Gasteiger partial charge >= 0.3 is 0 Å². The predicted molar refractivity (Wildman–Crippen MR) is 231 cm³/mol. The third-order valence-electron chi connectivity index (χ3n) is 8.29. The highest BCUT2D eigenvalue weighted by molar-refractivity contribution is 7.95. The lowest BCUT2D eigenvalue weighted by Gasteiger charge is -2.20. The average Bonchev–Trinajstić information content (AvgIpc) is 3.23. The topological polar surface area (TPSA) is 139 Å². The van der Waals surface area contributed by atoms with Gasteiger partial charge in [0.2, 0.25) is 9.84 Å². The summed E-state index contributed by atoms with van der Waals surface area (Å²) in [7, 11) is -1.46. The van der Waals surface area contributed by atoms with E-state index in [9.17, 15) is 8.42 Å². The Morgan fingerprint density at radius 1 is 0.589 bits per heavy atom. The molecule has 0 saturated carbocycles. The number of sulfone groups is 1. The maximum atomic E-state index is 12.2. The molecule has 0 aliphatic carbocycles. The number of hydrogen-bond donors (Lipinski definition) is 0. The summed E-state index contributed by atoms with van der Waals surface area (Å²) in [6.45, 7) is 14.1. The molecule has 10 heteroatoms. The van der Waals surface area contributed by atoms with Gasteiger partial charge in [-0.3, -0.25) is 0 Å². The fourth-order valence-corrected chi connectivity index (χ4v) is 5.98. The van der Waals surface area contributed by atoms with Crippen LogP contribution in [0, 0.1) is 45.3 Å². The number of hydrogen-bond acceptors (Lipinski definition) is 9. The molecule has 0 fully saturated rings. The first-order valence-electron chi connectivity index (χ1n) is 19.4. The van der Waals surface area contributed by atoms with Gasteiger partial charge in [0.25, 0.3) is 0 Å². The molecular formula is C46H61N7O2S. The van der Waals surface area contributed by atoms with Crippen LogP contribution < -0.4 is 4.90 Å². The summed E-state index contributed by atoms with van der Waals surface area (Å²) in [4.78, 5) is 7.00. The van der Waals surface area contributed by atoms with Crippen LogP contribution in [0.25, 0.3) is 0 Å². The molecular weight excluding hydrogens is 715 g/mol. The largest absolute Gasteiger partial charge is 0.378 e. The number of anilines is 1. The Morgan fingerprint density at radius 3 is 1.46 bits per heavy atom. The second-order valence-electron chi connectivity index (χ2n) is 12.6. The van der Waals surface area contributed by atoms with Crippen LogP contribution >= 0.6 is 0 Å². The minimum absolute atomic E-state index is 0.0951. The van der Waals surface area contributed by atoms with Crippen molar-refractivity contribution in [2.24, 2.45) is 0 Å². The number of nitriles is 4. The molecule has 2 aromatic rings. The zero-order valence-corrected chi connectivity index (χ0v) is 35.1. The number of benzene rings is 2. The number of rotatable bonds is 21. The highest BCUT2D eigenvalue weighted by Gasteiger charge is 2.15. The van der Waals surface area contributed by atoms with E-state index in [0.29, 0.717) is 9.80 Å². The third kappa shape index (κ3) is 23.1. The van der Waals surface area contributed by atoms with Crippen molar-refractivity contribution in [1.82, 2.24) is 9.80 Å². The molecule has 0 atom stereocenters. The molecule has 0 unspecified atom stereocenters. The van der Waals surface area contributed by atoms with E-state index < -0.39 is 9.84 Å². The van der Waals surface area contributed by atoms with Crippen LogP contribution in [0.2, 0.25) is 0 Å². The molecule has 0 aliphatic heterocycles. The van der Waals surface area contributed by atoms with Crippen LogP contribution in [0.15, 0.2) is 137 Å². The van der Waals surface area contributed by atoms with E-state index in [0.717, 1.165) is 31.9 Å². The van der Waals surface area contributed by atoms with E-state index in [2.05, 4.69) is 37.5 Å². The van der Waals surface area contributed by atoms with Gasteiger partial charge in [0, 0.05) is 50.0 Å². The highest BCUT2D eigenvalue weighted by atomic mass is 32.2. The van der Waals surface area contributed by atoms with Crippen LogP contribution in [0.5, 0.6) is 0 Å². The standard InChI is InChI=1S/C18H29N3.C15H21NO2S.C13H11N3/c1-3-5-7-9-13-21(14-10-8-6-4-2)15-11-12-18(16-19)17-20;1-4-16(5-2)13-9-10-14(3)19(17,18)15-11-7-6-8-12-15;1-16(13-7-3-2-4-8-13)9-5-6-12(10-14)11-15/h11-12,15H,3-10,13-14H2,1-2H3;6-13H,4-5H2,1-3H3;2-9H,1H3. The normalized spacial score (nSPS) is 10.8. The molecule has 0 radical (unpaired) electrons. The molecule has 0 aliphatic rings.